The van der Waals surface area contributed by atoms with Crippen LogP contribution in [0.15, 0.2) is 18.2 Å². The van der Waals surface area contributed by atoms with Gasteiger partial charge in [0.2, 0.25) is 0 Å². The number of benzene rings is 1. The van der Waals surface area contributed by atoms with Crippen molar-refractivity contribution in [3.05, 3.63) is 23.8 Å². The number of hydrogen-bond donors (Lipinski definition) is 0. The Bertz CT molecular complexity index is 1010. The fourth-order valence-electron chi connectivity index (χ4n) is 5.70. The molecule has 0 N–H and O–H groups in total. The van der Waals surface area contributed by atoms with Gasteiger partial charge in [-0.2, -0.15) is 0 Å². The van der Waals surface area contributed by atoms with Gasteiger partial charge in [0.15, 0.2) is 11.5 Å². The Hall–Kier alpha value is -1.70. The normalized spacial score (nSPS) is 19.7. The van der Waals surface area contributed by atoms with Crippen molar-refractivity contribution in [2.24, 2.45) is 0 Å². The van der Waals surface area contributed by atoms with E-state index in [4.69, 9.17) is 71.1 Å². The van der Waals surface area contributed by atoms with E-state index in [1.807, 2.05) is 18.2 Å². The van der Waals surface area contributed by atoms with Crippen LogP contribution in [-0.4, -0.2) is 178 Å². The molecule has 1 aromatic rings. The highest BCUT2D eigenvalue weighted by atomic mass is 16.6. The van der Waals surface area contributed by atoms with Crippen molar-refractivity contribution in [1.82, 2.24) is 0 Å². The summed E-state index contributed by atoms with van der Waals surface area (Å²) in [6, 6.07) is 5.95. The van der Waals surface area contributed by atoms with Gasteiger partial charge in [0.05, 0.1) is 165 Å². The molecule has 0 fully saturated rings. The Kier molecular flexibility index (Phi) is 41.1. The number of fused-ring (bicyclic) bond motifs is 1. The van der Waals surface area contributed by atoms with Crippen LogP contribution in [0.3, 0.4) is 0 Å². The summed E-state index contributed by atoms with van der Waals surface area (Å²) in [6.07, 6.45) is 13.1. The van der Waals surface area contributed by atoms with E-state index in [1.165, 1.54) is 57.8 Å². The van der Waals surface area contributed by atoms with E-state index in [9.17, 15) is 0 Å². The minimum atomic E-state index is 0.371. The third-order valence-corrected chi connectivity index (χ3v) is 8.98. The fourth-order valence-corrected chi connectivity index (χ4v) is 5.70. The second-order valence-corrected chi connectivity index (χ2v) is 14.1. The van der Waals surface area contributed by atoms with Gasteiger partial charge < -0.3 is 71.1 Å². The maximum absolute atomic E-state index is 6.12. The Balaban J connectivity index is 1.67. The first-order valence-corrected chi connectivity index (χ1v) is 22.8. The van der Waals surface area contributed by atoms with Crippen LogP contribution in [0.2, 0.25) is 0 Å². The minimum Gasteiger partial charge on any atom is -0.487 e. The van der Waals surface area contributed by atoms with Crippen LogP contribution in [0.5, 0.6) is 11.5 Å². The average Bonchev–Trinajstić information content (AvgIpc) is 3.26. The SMILES string of the molecule is CCCCCCCCCCCCOCc1ccc2c(c1)OCCOCCOCCOCCOCCOCCOCCOCCOCCOCCOCCOCCOCCO2. The van der Waals surface area contributed by atoms with Gasteiger partial charge in [-0.05, 0) is 24.1 Å². The molecule has 0 unspecified atom stereocenters. The summed E-state index contributed by atoms with van der Waals surface area (Å²) in [5.41, 5.74) is 1.04. The molecule has 0 saturated heterocycles. The number of rotatable bonds is 13. The van der Waals surface area contributed by atoms with E-state index >= 15 is 0 Å². The van der Waals surface area contributed by atoms with Gasteiger partial charge >= 0.3 is 0 Å². The van der Waals surface area contributed by atoms with E-state index in [1.54, 1.807) is 0 Å². The van der Waals surface area contributed by atoms with Gasteiger partial charge in [-0.3, -0.25) is 0 Å². The molecule has 15 nitrogen and oxygen atoms in total. The van der Waals surface area contributed by atoms with E-state index in [0.29, 0.717) is 190 Å². The fraction of sp³-hybridized carbons (Fsp3) is 0.867. The monoisotopic (exact) mass is 863 g/mol. The molecule has 0 amide bonds. The van der Waals surface area contributed by atoms with Crippen molar-refractivity contribution in [1.29, 1.82) is 0 Å². The first-order valence-electron chi connectivity index (χ1n) is 22.8. The zero-order valence-electron chi connectivity index (χ0n) is 37.2. The summed E-state index contributed by atoms with van der Waals surface area (Å²) in [7, 11) is 0. The smallest absolute Gasteiger partial charge is 0.161 e. The van der Waals surface area contributed by atoms with Crippen molar-refractivity contribution < 1.29 is 71.1 Å². The van der Waals surface area contributed by atoms with Crippen molar-refractivity contribution in [2.45, 2.75) is 77.7 Å². The Morgan fingerprint density at radius 1 is 0.333 bits per heavy atom. The Labute approximate surface area is 361 Å². The van der Waals surface area contributed by atoms with Gasteiger partial charge in [-0.25, -0.2) is 0 Å². The van der Waals surface area contributed by atoms with Gasteiger partial charge in [-0.1, -0.05) is 70.8 Å². The topological polar surface area (TPSA) is 138 Å². The molecule has 1 aliphatic heterocycles. The molecular weight excluding hydrogens is 780 g/mol. The standard InChI is InChI=1S/C45H82O15/c1-2-3-4-5-6-7-8-9-10-11-14-58-42-43-12-13-44-45(41-43)60-40-38-57-36-34-55-32-30-53-28-26-51-24-22-49-20-18-47-16-15-46-17-19-48-21-23-50-25-27-52-29-31-54-33-35-56-37-39-59-44/h12-13,41H,2-11,14-40,42H2,1H3. The Morgan fingerprint density at radius 2 is 0.617 bits per heavy atom. The van der Waals surface area contributed by atoms with Crippen molar-refractivity contribution in [3.8, 4) is 11.5 Å². The number of unbranched alkanes of at least 4 members (excludes halogenated alkanes) is 9. The summed E-state index contributed by atoms with van der Waals surface area (Å²) in [5, 5.41) is 0. The van der Waals surface area contributed by atoms with Crippen LogP contribution in [0.25, 0.3) is 0 Å². The molecule has 0 aliphatic carbocycles. The lowest BCUT2D eigenvalue weighted by Crippen LogP contribution is -2.16. The van der Waals surface area contributed by atoms with Crippen LogP contribution < -0.4 is 9.47 Å². The van der Waals surface area contributed by atoms with Crippen LogP contribution in [0.4, 0.5) is 0 Å². The summed E-state index contributed by atoms with van der Waals surface area (Å²) in [4.78, 5) is 0. The molecule has 60 heavy (non-hydrogen) atoms. The summed E-state index contributed by atoms with van der Waals surface area (Å²) < 4.78 is 85.2. The predicted octanol–water partition coefficient (Wildman–Crippen LogP) is 6.09. The summed E-state index contributed by atoms with van der Waals surface area (Å²) >= 11 is 0. The third-order valence-electron chi connectivity index (χ3n) is 8.98. The quantitative estimate of drug-likeness (QED) is 0.211. The minimum absolute atomic E-state index is 0.371. The molecular formula is C45H82O15. The second-order valence-electron chi connectivity index (χ2n) is 14.1. The molecule has 0 atom stereocenters. The van der Waals surface area contributed by atoms with Gasteiger partial charge in [-0.15, -0.1) is 0 Å². The van der Waals surface area contributed by atoms with Crippen LogP contribution in [0.1, 0.15) is 76.7 Å². The first kappa shape index (κ1) is 54.4. The maximum Gasteiger partial charge on any atom is 0.161 e. The highest BCUT2D eigenvalue weighted by Crippen LogP contribution is 2.29. The zero-order chi connectivity index (χ0) is 42.3. The van der Waals surface area contributed by atoms with Crippen LogP contribution in [0, 0.1) is 0 Å². The number of hydrogen-bond acceptors (Lipinski definition) is 15. The molecule has 0 aromatic heterocycles. The molecule has 1 aromatic carbocycles. The molecule has 15 heteroatoms. The van der Waals surface area contributed by atoms with Crippen molar-refractivity contribution in [3.63, 3.8) is 0 Å². The molecule has 0 radical (unpaired) electrons. The zero-order valence-corrected chi connectivity index (χ0v) is 37.2. The Morgan fingerprint density at radius 3 is 0.950 bits per heavy atom. The first-order chi connectivity index (χ1) is 29.9. The van der Waals surface area contributed by atoms with E-state index in [0.717, 1.165) is 18.6 Å². The highest BCUT2D eigenvalue weighted by molar-refractivity contribution is 5.43. The van der Waals surface area contributed by atoms with Gasteiger partial charge in [0.1, 0.15) is 13.2 Å². The molecule has 0 spiro atoms. The van der Waals surface area contributed by atoms with E-state index in [-0.39, 0.29) is 0 Å². The number of ether oxygens (including phenoxy) is 15. The van der Waals surface area contributed by atoms with Crippen LogP contribution >= 0.6 is 0 Å². The van der Waals surface area contributed by atoms with Crippen LogP contribution in [-0.2, 0) is 68.2 Å². The highest BCUT2D eigenvalue weighted by Gasteiger charge is 2.09. The maximum atomic E-state index is 6.12. The second kappa shape index (κ2) is 45.3. The van der Waals surface area contributed by atoms with Crippen molar-refractivity contribution >= 4 is 0 Å². The van der Waals surface area contributed by atoms with E-state index in [2.05, 4.69) is 6.92 Å². The lowest BCUT2D eigenvalue weighted by Gasteiger charge is -2.15. The molecule has 0 bridgehead atoms. The van der Waals surface area contributed by atoms with E-state index < -0.39 is 0 Å². The van der Waals surface area contributed by atoms with Crippen molar-refractivity contribution in [2.75, 3.05) is 178 Å². The molecule has 2 rings (SSSR count). The molecule has 352 valence electrons. The lowest BCUT2D eigenvalue weighted by molar-refractivity contribution is -0.0288. The summed E-state index contributed by atoms with van der Waals surface area (Å²) in [5.74, 6) is 1.31. The predicted molar refractivity (Wildman–Crippen MR) is 229 cm³/mol. The van der Waals surface area contributed by atoms with Gasteiger partial charge in [0, 0.05) is 6.61 Å². The molecule has 1 heterocycles. The summed E-state index contributed by atoms with van der Waals surface area (Å²) in [6.45, 7) is 16.0. The molecule has 0 saturated carbocycles. The lowest BCUT2D eigenvalue weighted by atomic mass is 10.1. The average molecular weight is 863 g/mol. The largest absolute Gasteiger partial charge is 0.487 e. The third kappa shape index (κ3) is 36.9. The molecule has 1 aliphatic rings. The van der Waals surface area contributed by atoms with Gasteiger partial charge in [0.25, 0.3) is 0 Å².